The van der Waals surface area contributed by atoms with Crippen LogP contribution in [0.3, 0.4) is 0 Å². The molecule has 1 fully saturated rings. The molecule has 1 aromatic heterocycles. The number of carboxylic acid groups (broad SMARTS) is 1. The fourth-order valence-corrected chi connectivity index (χ4v) is 2.10. The molecule has 0 aliphatic carbocycles. The number of carboxylic acids is 1. The minimum absolute atomic E-state index is 0.240. The molecule has 1 saturated heterocycles. The van der Waals surface area contributed by atoms with Crippen molar-refractivity contribution in [3.8, 4) is 0 Å². The van der Waals surface area contributed by atoms with Gasteiger partial charge in [0.15, 0.2) is 0 Å². The van der Waals surface area contributed by atoms with E-state index >= 15 is 0 Å². The van der Waals surface area contributed by atoms with Crippen LogP contribution in [0.1, 0.15) is 12.2 Å². The molecule has 16 heavy (non-hydrogen) atoms. The Bertz CT molecular complexity index is 405. The van der Waals surface area contributed by atoms with E-state index in [1.807, 2.05) is 11.6 Å². The second kappa shape index (κ2) is 4.43. The minimum atomic E-state index is -0.708. The van der Waals surface area contributed by atoms with E-state index in [1.54, 1.807) is 6.20 Å². The highest BCUT2D eigenvalue weighted by atomic mass is 35.5. The van der Waals surface area contributed by atoms with E-state index in [-0.39, 0.29) is 5.92 Å². The van der Waals surface area contributed by atoms with Crippen molar-refractivity contribution in [2.24, 2.45) is 13.0 Å². The molecule has 2 rings (SSSR count). The van der Waals surface area contributed by atoms with Crippen molar-refractivity contribution in [1.82, 2.24) is 14.5 Å². The topological polar surface area (TPSA) is 58.4 Å². The first-order chi connectivity index (χ1) is 7.58. The Morgan fingerprint density at radius 2 is 2.50 bits per heavy atom. The molecule has 1 aliphatic heterocycles. The Balaban J connectivity index is 1.97. The van der Waals surface area contributed by atoms with Crippen molar-refractivity contribution in [2.75, 3.05) is 13.1 Å². The van der Waals surface area contributed by atoms with Crippen LogP contribution < -0.4 is 0 Å². The van der Waals surface area contributed by atoms with Crippen LogP contribution in [0, 0.1) is 5.92 Å². The molecule has 0 amide bonds. The molecule has 0 radical (unpaired) electrons. The summed E-state index contributed by atoms with van der Waals surface area (Å²) in [6.45, 7) is 2.06. The maximum atomic E-state index is 10.8. The first kappa shape index (κ1) is 11.4. The van der Waals surface area contributed by atoms with E-state index in [0.717, 1.165) is 12.4 Å². The summed E-state index contributed by atoms with van der Waals surface area (Å²) in [5, 5.41) is 9.49. The van der Waals surface area contributed by atoms with E-state index in [2.05, 4.69) is 9.88 Å². The van der Waals surface area contributed by atoms with Crippen molar-refractivity contribution in [2.45, 2.75) is 13.0 Å². The van der Waals surface area contributed by atoms with Crippen LogP contribution >= 0.6 is 11.6 Å². The summed E-state index contributed by atoms with van der Waals surface area (Å²) in [6.07, 6.45) is 2.33. The molecule has 6 heteroatoms. The first-order valence-electron chi connectivity index (χ1n) is 5.19. The SMILES string of the molecule is Cn1c(Cl)cnc1CN1CCC(C(=O)O)C1. The Morgan fingerprint density at radius 1 is 1.75 bits per heavy atom. The summed E-state index contributed by atoms with van der Waals surface area (Å²) in [7, 11) is 1.86. The molecule has 1 atom stereocenters. The summed E-state index contributed by atoms with van der Waals surface area (Å²) in [5.41, 5.74) is 0. The smallest absolute Gasteiger partial charge is 0.307 e. The maximum absolute atomic E-state index is 10.8. The fourth-order valence-electron chi connectivity index (χ4n) is 1.95. The van der Waals surface area contributed by atoms with Crippen molar-refractivity contribution in [3.05, 3.63) is 17.2 Å². The van der Waals surface area contributed by atoms with E-state index in [4.69, 9.17) is 16.7 Å². The average molecular weight is 244 g/mol. The monoisotopic (exact) mass is 243 g/mol. The molecule has 5 nitrogen and oxygen atoms in total. The fraction of sp³-hybridized carbons (Fsp3) is 0.600. The molecule has 1 aromatic rings. The summed E-state index contributed by atoms with van der Waals surface area (Å²) < 4.78 is 1.82. The normalized spacial score (nSPS) is 21.5. The summed E-state index contributed by atoms with van der Waals surface area (Å²) >= 11 is 5.88. The van der Waals surface area contributed by atoms with Gasteiger partial charge in [0.1, 0.15) is 11.0 Å². The number of carbonyl (C=O) groups is 1. The number of imidazole rings is 1. The van der Waals surface area contributed by atoms with Gasteiger partial charge in [-0.2, -0.15) is 0 Å². The van der Waals surface area contributed by atoms with Crippen LogP contribution in [-0.4, -0.2) is 38.6 Å². The van der Waals surface area contributed by atoms with E-state index < -0.39 is 5.97 Å². The quantitative estimate of drug-likeness (QED) is 0.860. The van der Waals surface area contributed by atoms with Crippen molar-refractivity contribution in [3.63, 3.8) is 0 Å². The van der Waals surface area contributed by atoms with E-state index in [0.29, 0.717) is 24.7 Å². The van der Waals surface area contributed by atoms with Gasteiger partial charge in [-0.05, 0) is 13.0 Å². The highest BCUT2D eigenvalue weighted by Crippen LogP contribution is 2.19. The number of rotatable bonds is 3. The van der Waals surface area contributed by atoms with Gasteiger partial charge in [0.2, 0.25) is 0 Å². The van der Waals surface area contributed by atoms with Crippen LogP contribution in [0.2, 0.25) is 5.15 Å². The summed E-state index contributed by atoms with van der Waals surface area (Å²) in [6, 6.07) is 0. The molecule has 1 aliphatic rings. The molecule has 0 saturated carbocycles. The lowest BCUT2D eigenvalue weighted by atomic mass is 10.1. The number of hydrogen-bond donors (Lipinski definition) is 1. The van der Waals surface area contributed by atoms with Crippen LogP contribution in [0.5, 0.6) is 0 Å². The number of hydrogen-bond acceptors (Lipinski definition) is 3. The van der Waals surface area contributed by atoms with E-state index in [9.17, 15) is 4.79 Å². The second-order valence-electron chi connectivity index (χ2n) is 4.12. The Morgan fingerprint density at radius 3 is 3.00 bits per heavy atom. The average Bonchev–Trinajstić information content (AvgIpc) is 2.81. The minimum Gasteiger partial charge on any atom is -0.481 e. The molecule has 1 unspecified atom stereocenters. The van der Waals surface area contributed by atoms with Gasteiger partial charge in [-0.15, -0.1) is 0 Å². The number of halogens is 1. The van der Waals surface area contributed by atoms with Crippen LogP contribution in [0.4, 0.5) is 0 Å². The van der Waals surface area contributed by atoms with Gasteiger partial charge in [-0.1, -0.05) is 11.6 Å². The highest BCUT2D eigenvalue weighted by molar-refractivity contribution is 6.29. The standard InChI is InChI=1S/C10H14ClN3O2/c1-13-8(11)4-12-9(13)6-14-3-2-7(5-14)10(15)16/h4,7H,2-3,5-6H2,1H3,(H,15,16). The molecule has 0 spiro atoms. The molecular formula is C10H14ClN3O2. The van der Waals surface area contributed by atoms with Gasteiger partial charge in [0.05, 0.1) is 18.7 Å². The Labute approximate surface area is 98.6 Å². The molecule has 1 N–H and O–H groups in total. The van der Waals surface area contributed by atoms with Crippen LogP contribution in [0.25, 0.3) is 0 Å². The number of likely N-dealkylation sites (tertiary alicyclic amines) is 1. The van der Waals surface area contributed by atoms with Crippen molar-refractivity contribution >= 4 is 17.6 Å². The van der Waals surface area contributed by atoms with Crippen LogP contribution in [-0.2, 0) is 18.4 Å². The van der Waals surface area contributed by atoms with Gasteiger partial charge >= 0.3 is 5.97 Å². The van der Waals surface area contributed by atoms with Gasteiger partial charge in [0, 0.05) is 13.6 Å². The summed E-state index contributed by atoms with van der Waals surface area (Å²) in [4.78, 5) is 17.1. The molecule has 2 heterocycles. The van der Waals surface area contributed by atoms with Gasteiger partial charge in [-0.25, -0.2) is 4.98 Å². The zero-order valence-electron chi connectivity index (χ0n) is 9.06. The third-order valence-electron chi connectivity index (χ3n) is 3.01. The zero-order valence-corrected chi connectivity index (χ0v) is 9.81. The lowest BCUT2D eigenvalue weighted by molar-refractivity contribution is -0.141. The first-order valence-corrected chi connectivity index (χ1v) is 5.57. The Kier molecular flexibility index (Phi) is 3.16. The Hall–Kier alpha value is -1.07. The van der Waals surface area contributed by atoms with Gasteiger partial charge in [-0.3, -0.25) is 9.69 Å². The molecule has 0 bridgehead atoms. The maximum Gasteiger partial charge on any atom is 0.307 e. The number of nitrogens with zero attached hydrogens (tertiary/aromatic N) is 3. The molecular weight excluding hydrogens is 230 g/mol. The third kappa shape index (κ3) is 2.20. The predicted molar refractivity (Wildman–Crippen MR) is 59.2 cm³/mol. The number of aliphatic carboxylic acids is 1. The number of aromatic nitrogens is 2. The van der Waals surface area contributed by atoms with Crippen LogP contribution in [0.15, 0.2) is 6.20 Å². The van der Waals surface area contributed by atoms with Gasteiger partial charge in [0.25, 0.3) is 0 Å². The second-order valence-corrected chi connectivity index (χ2v) is 4.50. The van der Waals surface area contributed by atoms with Crippen molar-refractivity contribution < 1.29 is 9.90 Å². The van der Waals surface area contributed by atoms with Crippen molar-refractivity contribution in [1.29, 1.82) is 0 Å². The summed E-state index contributed by atoms with van der Waals surface area (Å²) in [5.74, 6) is -0.0767. The largest absolute Gasteiger partial charge is 0.481 e. The lowest BCUT2D eigenvalue weighted by Gasteiger charge is -2.14. The predicted octanol–water partition coefficient (Wildman–Crippen LogP) is 0.980. The molecule has 0 aromatic carbocycles. The third-order valence-corrected chi connectivity index (χ3v) is 3.37. The van der Waals surface area contributed by atoms with Gasteiger partial charge < -0.3 is 9.67 Å². The lowest BCUT2D eigenvalue weighted by Crippen LogP contribution is -2.24. The molecule has 88 valence electrons. The highest BCUT2D eigenvalue weighted by Gasteiger charge is 2.28. The zero-order chi connectivity index (χ0) is 11.7. The van der Waals surface area contributed by atoms with E-state index in [1.165, 1.54) is 0 Å².